The van der Waals surface area contributed by atoms with Gasteiger partial charge in [0.25, 0.3) is 0 Å². The van der Waals surface area contributed by atoms with Crippen LogP contribution in [0.1, 0.15) is 5.82 Å². The van der Waals surface area contributed by atoms with Crippen molar-refractivity contribution in [2.24, 2.45) is 12.8 Å². The van der Waals surface area contributed by atoms with Crippen molar-refractivity contribution >= 4 is 0 Å². The quantitative estimate of drug-likeness (QED) is 0.799. The van der Waals surface area contributed by atoms with Crippen molar-refractivity contribution in [3.63, 3.8) is 0 Å². The maximum atomic E-state index is 13.0. The molecule has 1 aromatic carbocycles. The van der Waals surface area contributed by atoms with Crippen molar-refractivity contribution in [3.05, 3.63) is 35.9 Å². The number of hydrogen-bond donors (Lipinski definition) is 1. The van der Waals surface area contributed by atoms with Gasteiger partial charge in [-0.05, 0) is 12.1 Å². The average molecular weight is 206 g/mol. The van der Waals surface area contributed by atoms with Gasteiger partial charge < -0.3 is 5.73 Å². The Hall–Kier alpha value is -1.75. The maximum absolute atomic E-state index is 13.0. The summed E-state index contributed by atoms with van der Waals surface area (Å²) in [6.45, 7) is 0.281. The van der Waals surface area contributed by atoms with Crippen LogP contribution in [-0.4, -0.2) is 14.8 Å². The molecule has 2 N–H and O–H groups in total. The first-order valence-corrected chi connectivity index (χ1v) is 4.56. The molecular weight excluding hydrogens is 195 g/mol. The van der Waals surface area contributed by atoms with Gasteiger partial charge in [0.1, 0.15) is 5.82 Å². The third kappa shape index (κ3) is 1.87. The van der Waals surface area contributed by atoms with Gasteiger partial charge in [0.05, 0.1) is 6.54 Å². The second kappa shape index (κ2) is 3.78. The number of nitrogens with two attached hydrogens (primary N) is 1. The lowest BCUT2D eigenvalue weighted by molar-refractivity contribution is 0.628. The van der Waals surface area contributed by atoms with E-state index < -0.39 is 0 Å². The Labute approximate surface area is 86.6 Å². The largest absolute Gasteiger partial charge is 0.324 e. The smallest absolute Gasteiger partial charge is 0.164 e. The minimum Gasteiger partial charge on any atom is -0.324 e. The molecule has 15 heavy (non-hydrogen) atoms. The van der Waals surface area contributed by atoms with E-state index in [1.54, 1.807) is 23.9 Å². The lowest BCUT2D eigenvalue weighted by atomic mass is 10.2. The number of benzene rings is 1. The van der Waals surface area contributed by atoms with Crippen molar-refractivity contribution in [1.82, 2.24) is 14.8 Å². The van der Waals surface area contributed by atoms with E-state index in [0.29, 0.717) is 17.2 Å². The second-order valence-electron chi connectivity index (χ2n) is 3.19. The van der Waals surface area contributed by atoms with Gasteiger partial charge in [-0.15, -0.1) is 0 Å². The zero-order valence-electron chi connectivity index (χ0n) is 8.31. The molecule has 1 aromatic heterocycles. The van der Waals surface area contributed by atoms with Crippen LogP contribution in [0.15, 0.2) is 24.3 Å². The lowest BCUT2D eigenvalue weighted by Crippen LogP contribution is -1.99. The summed E-state index contributed by atoms with van der Waals surface area (Å²) in [7, 11) is 1.76. The molecule has 0 atom stereocenters. The summed E-state index contributed by atoms with van der Waals surface area (Å²) in [5.74, 6) is 0.886. The van der Waals surface area contributed by atoms with Crippen LogP contribution in [0.25, 0.3) is 11.4 Å². The molecule has 78 valence electrons. The van der Waals surface area contributed by atoms with Gasteiger partial charge in [0.2, 0.25) is 0 Å². The molecule has 5 heteroatoms. The van der Waals surface area contributed by atoms with Crippen molar-refractivity contribution in [1.29, 1.82) is 0 Å². The minimum absolute atomic E-state index is 0.281. The Morgan fingerprint density at radius 2 is 2.27 bits per heavy atom. The Bertz CT molecular complexity index is 478. The van der Waals surface area contributed by atoms with E-state index in [-0.39, 0.29) is 12.4 Å². The molecular formula is C10H11FN4. The fourth-order valence-corrected chi connectivity index (χ4v) is 1.40. The van der Waals surface area contributed by atoms with Crippen LogP contribution >= 0.6 is 0 Å². The molecule has 0 aliphatic carbocycles. The van der Waals surface area contributed by atoms with Crippen LogP contribution in [0.2, 0.25) is 0 Å². The van der Waals surface area contributed by atoms with E-state index in [1.165, 1.54) is 12.1 Å². The van der Waals surface area contributed by atoms with Gasteiger partial charge in [-0.1, -0.05) is 12.1 Å². The number of halogens is 1. The molecule has 2 rings (SSSR count). The van der Waals surface area contributed by atoms with E-state index in [4.69, 9.17) is 5.73 Å². The number of aromatic nitrogens is 3. The van der Waals surface area contributed by atoms with E-state index in [9.17, 15) is 4.39 Å². The summed E-state index contributed by atoms with van der Waals surface area (Å²) in [6, 6.07) is 6.24. The van der Waals surface area contributed by atoms with Gasteiger partial charge in [-0.2, -0.15) is 5.10 Å². The number of hydrogen-bond acceptors (Lipinski definition) is 3. The first-order valence-electron chi connectivity index (χ1n) is 4.56. The van der Waals surface area contributed by atoms with Crippen molar-refractivity contribution in [2.45, 2.75) is 6.54 Å². The van der Waals surface area contributed by atoms with Crippen LogP contribution in [0, 0.1) is 5.82 Å². The summed E-state index contributed by atoms with van der Waals surface area (Å²) in [5.41, 5.74) is 6.13. The number of rotatable bonds is 2. The highest BCUT2D eigenvalue weighted by molar-refractivity contribution is 5.54. The van der Waals surface area contributed by atoms with Crippen molar-refractivity contribution in [3.8, 4) is 11.4 Å². The lowest BCUT2D eigenvalue weighted by Gasteiger charge is -1.99. The topological polar surface area (TPSA) is 56.7 Å². The molecule has 0 saturated carbocycles. The summed E-state index contributed by atoms with van der Waals surface area (Å²) < 4.78 is 14.6. The molecule has 0 aliphatic rings. The summed E-state index contributed by atoms with van der Waals surface area (Å²) in [6.07, 6.45) is 0. The van der Waals surface area contributed by atoms with Gasteiger partial charge in [0.15, 0.2) is 11.6 Å². The van der Waals surface area contributed by atoms with E-state index in [1.807, 2.05) is 0 Å². The Balaban J connectivity index is 2.48. The predicted octanol–water partition coefficient (Wildman–Crippen LogP) is 1.08. The molecule has 0 amide bonds. The normalized spacial score (nSPS) is 10.6. The Morgan fingerprint density at radius 3 is 2.87 bits per heavy atom. The highest BCUT2D eigenvalue weighted by atomic mass is 19.1. The molecule has 0 bridgehead atoms. The molecule has 0 fully saturated rings. The molecule has 0 radical (unpaired) electrons. The highest BCUT2D eigenvalue weighted by Gasteiger charge is 2.08. The summed E-state index contributed by atoms with van der Waals surface area (Å²) >= 11 is 0. The number of nitrogens with zero attached hydrogens (tertiary/aromatic N) is 3. The Morgan fingerprint density at radius 1 is 1.47 bits per heavy atom. The SMILES string of the molecule is Cn1nc(CN)nc1-c1cccc(F)c1. The van der Waals surface area contributed by atoms with Crippen LogP contribution < -0.4 is 5.73 Å². The summed E-state index contributed by atoms with van der Waals surface area (Å²) in [4.78, 5) is 4.20. The van der Waals surface area contributed by atoms with Gasteiger partial charge in [-0.25, -0.2) is 14.1 Å². The van der Waals surface area contributed by atoms with Gasteiger partial charge in [0, 0.05) is 12.6 Å². The van der Waals surface area contributed by atoms with E-state index >= 15 is 0 Å². The monoisotopic (exact) mass is 206 g/mol. The van der Waals surface area contributed by atoms with Crippen molar-refractivity contribution in [2.75, 3.05) is 0 Å². The van der Waals surface area contributed by atoms with Gasteiger partial charge in [-0.3, -0.25) is 0 Å². The van der Waals surface area contributed by atoms with Gasteiger partial charge >= 0.3 is 0 Å². The van der Waals surface area contributed by atoms with Crippen LogP contribution in [0.4, 0.5) is 4.39 Å². The molecule has 4 nitrogen and oxygen atoms in total. The third-order valence-corrected chi connectivity index (χ3v) is 2.07. The fourth-order valence-electron chi connectivity index (χ4n) is 1.40. The summed E-state index contributed by atoms with van der Waals surface area (Å²) in [5, 5.41) is 4.09. The highest BCUT2D eigenvalue weighted by Crippen LogP contribution is 2.17. The zero-order chi connectivity index (χ0) is 10.8. The number of aryl methyl sites for hydroxylation is 1. The predicted molar refractivity (Wildman–Crippen MR) is 54.3 cm³/mol. The first-order chi connectivity index (χ1) is 7.20. The van der Waals surface area contributed by atoms with Crippen LogP contribution in [0.5, 0.6) is 0 Å². The fraction of sp³-hybridized carbons (Fsp3) is 0.200. The molecule has 2 aromatic rings. The molecule has 0 saturated heterocycles. The first kappa shape index (κ1) is 9.79. The van der Waals surface area contributed by atoms with Crippen molar-refractivity contribution < 1.29 is 4.39 Å². The molecule has 1 heterocycles. The average Bonchev–Trinajstić information content (AvgIpc) is 2.60. The maximum Gasteiger partial charge on any atom is 0.164 e. The molecule has 0 unspecified atom stereocenters. The van der Waals surface area contributed by atoms with E-state index in [0.717, 1.165) is 0 Å². The Kier molecular flexibility index (Phi) is 2.47. The molecule has 0 aliphatic heterocycles. The van der Waals surface area contributed by atoms with Crippen LogP contribution in [-0.2, 0) is 13.6 Å². The molecule has 0 spiro atoms. The minimum atomic E-state index is -0.287. The van der Waals surface area contributed by atoms with E-state index in [2.05, 4.69) is 10.1 Å². The second-order valence-corrected chi connectivity index (χ2v) is 3.19. The van der Waals surface area contributed by atoms with Crippen LogP contribution in [0.3, 0.4) is 0 Å². The standard InChI is InChI=1S/C10H11FN4/c1-15-10(13-9(6-12)14-15)7-3-2-4-8(11)5-7/h2-5H,6,12H2,1H3. The zero-order valence-corrected chi connectivity index (χ0v) is 8.31. The third-order valence-electron chi connectivity index (χ3n) is 2.07.